The Morgan fingerprint density at radius 3 is 2.62 bits per heavy atom. The molecule has 2 aromatic carbocycles. The molecule has 2 N–H and O–H groups in total. The average molecular weight is 328 g/mol. The maximum Gasteiger partial charge on any atom is 0.142 e. The van der Waals surface area contributed by atoms with Crippen LogP contribution in [0, 0.1) is 5.82 Å². The standard InChI is InChI=1S/C16H16Cl2FNO/c1-10(20)8-12-13(17)5-3-7-15(12)21-9-11-4-2-6-14(19)16(11)18/h2-7,10H,8-9,20H2,1H3. The molecule has 112 valence electrons. The molecule has 1 atom stereocenters. The molecule has 0 fully saturated rings. The van der Waals surface area contributed by atoms with E-state index in [1.165, 1.54) is 6.07 Å². The minimum absolute atomic E-state index is 0.0370. The molecule has 0 saturated heterocycles. The van der Waals surface area contributed by atoms with Crippen molar-refractivity contribution in [1.82, 2.24) is 0 Å². The number of hydrogen-bond donors (Lipinski definition) is 1. The van der Waals surface area contributed by atoms with Gasteiger partial charge >= 0.3 is 0 Å². The predicted octanol–water partition coefficient (Wildman–Crippen LogP) is 4.60. The molecule has 0 aliphatic heterocycles. The summed E-state index contributed by atoms with van der Waals surface area (Å²) in [7, 11) is 0. The van der Waals surface area contributed by atoms with Gasteiger partial charge in [0.1, 0.15) is 18.2 Å². The van der Waals surface area contributed by atoms with E-state index in [2.05, 4.69) is 0 Å². The number of halogens is 3. The summed E-state index contributed by atoms with van der Waals surface area (Å²) in [6.45, 7) is 2.07. The van der Waals surface area contributed by atoms with Crippen molar-refractivity contribution in [3.8, 4) is 5.75 Å². The molecule has 2 rings (SSSR count). The van der Waals surface area contributed by atoms with Gasteiger partial charge < -0.3 is 10.5 Å². The molecular formula is C16H16Cl2FNO. The van der Waals surface area contributed by atoms with E-state index >= 15 is 0 Å². The first-order valence-corrected chi connectivity index (χ1v) is 7.33. The van der Waals surface area contributed by atoms with Crippen LogP contribution >= 0.6 is 23.2 Å². The number of rotatable bonds is 5. The molecule has 1 unspecified atom stereocenters. The fourth-order valence-corrected chi connectivity index (χ4v) is 2.43. The fourth-order valence-electron chi connectivity index (χ4n) is 2.01. The minimum Gasteiger partial charge on any atom is -0.489 e. The Kier molecular flexibility index (Phi) is 5.45. The van der Waals surface area contributed by atoms with Gasteiger partial charge in [0.25, 0.3) is 0 Å². The second kappa shape index (κ2) is 7.12. The third-order valence-corrected chi connectivity index (χ3v) is 3.79. The van der Waals surface area contributed by atoms with Gasteiger partial charge in [-0.25, -0.2) is 4.39 Å². The Bertz CT molecular complexity index is 632. The SMILES string of the molecule is CC(N)Cc1c(Cl)cccc1OCc1cccc(F)c1Cl. The van der Waals surface area contributed by atoms with E-state index in [-0.39, 0.29) is 17.7 Å². The van der Waals surface area contributed by atoms with Crippen LogP contribution in [-0.4, -0.2) is 6.04 Å². The topological polar surface area (TPSA) is 35.2 Å². The van der Waals surface area contributed by atoms with Crippen LogP contribution < -0.4 is 10.5 Å². The molecule has 0 aromatic heterocycles. The van der Waals surface area contributed by atoms with Crippen LogP contribution in [0.4, 0.5) is 4.39 Å². The van der Waals surface area contributed by atoms with Crippen molar-refractivity contribution in [3.63, 3.8) is 0 Å². The zero-order valence-electron chi connectivity index (χ0n) is 11.6. The highest BCUT2D eigenvalue weighted by atomic mass is 35.5. The number of ether oxygens (including phenoxy) is 1. The van der Waals surface area contributed by atoms with Gasteiger partial charge in [-0.1, -0.05) is 41.4 Å². The Morgan fingerprint density at radius 1 is 1.19 bits per heavy atom. The lowest BCUT2D eigenvalue weighted by atomic mass is 10.1. The summed E-state index contributed by atoms with van der Waals surface area (Å²) in [5, 5.41) is 0.684. The van der Waals surface area contributed by atoms with E-state index in [1.807, 2.05) is 13.0 Å². The number of nitrogens with two attached hydrogens (primary N) is 1. The smallest absolute Gasteiger partial charge is 0.142 e. The van der Waals surface area contributed by atoms with Gasteiger partial charge in [0, 0.05) is 22.2 Å². The Balaban J connectivity index is 2.20. The quantitative estimate of drug-likeness (QED) is 0.870. The average Bonchev–Trinajstić information content (AvgIpc) is 2.43. The molecule has 5 heteroatoms. The van der Waals surface area contributed by atoms with Gasteiger partial charge in [0.15, 0.2) is 0 Å². The van der Waals surface area contributed by atoms with E-state index in [9.17, 15) is 4.39 Å². The summed E-state index contributed by atoms with van der Waals surface area (Å²) >= 11 is 12.1. The van der Waals surface area contributed by atoms with Crippen molar-refractivity contribution >= 4 is 23.2 Å². The minimum atomic E-state index is -0.459. The van der Waals surface area contributed by atoms with Gasteiger partial charge in [-0.05, 0) is 31.5 Å². The first kappa shape index (κ1) is 16.1. The van der Waals surface area contributed by atoms with Crippen molar-refractivity contribution in [2.75, 3.05) is 0 Å². The molecule has 0 saturated carbocycles. The van der Waals surface area contributed by atoms with Crippen LogP contribution in [0.5, 0.6) is 5.75 Å². The van der Waals surface area contributed by atoms with Gasteiger partial charge in [-0.2, -0.15) is 0 Å². The van der Waals surface area contributed by atoms with Crippen LogP contribution in [0.1, 0.15) is 18.1 Å². The number of hydrogen-bond acceptors (Lipinski definition) is 2. The third-order valence-electron chi connectivity index (χ3n) is 3.02. The molecular weight excluding hydrogens is 312 g/mol. The normalized spacial score (nSPS) is 12.2. The molecule has 21 heavy (non-hydrogen) atoms. The van der Waals surface area contributed by atoms with Crippen LogP contribution in [0.2, 0.25) is 10.0 Å². The molecule has 0 aliphatic rings. The summed E-state index contributed by atoms with van der Waals surface area (Å²) in [6, 6.07) is 10.0. The highest BCUT2D eigenvalue weighted by molar-refractivity contribution is 6.31. The van der Waals surface area contributed by atoms with Crippen molar-refractivity contribution in [3.05, 3.63) is 63.4 Å². The molecule has 2 nitrogen and oxygen atoms in total. The van der Waals surface area contributed by atoms with E-state index < -0.39 is 5.82 Å². The third kappa shape index (κ3) is 4.10. The molecule has 0 bridgehead atoms. The van der Waals surface area contributed by atoms with E-state index in [0.717, 1.165) is 5.56 Å². The zero-order valence-corrected chi connectivity index (χ0v) is 13.1. The second-order valence-corrected chi connectivity index (χ2v) is 5.68. The molecule has 0 aliphatic carbocycles. The van der Waals surface area contributed by atoms with Gasteiger partial charge in [-0.15, -0.1) is 0 Å². The predicted molar refractivity (Wildman–Crippen MR) is 84.5 cm³/mol. The lowest BCUT2D eigenvalue weighted by Gasteiger charge is -2.15. The van der Waals surface area contributed by atoms with E-state index in [0.29, 0.717) is 22.8 Å². The van der Waals surface area contributed by atoms with Gasteiger partial charge in [-0.3, -0.25) is 0 Å². The Labute approximate surface area is 133 Å². The van der Waals surface area contributed by atoms with Crippen LogP contribution in [-0.2, 0) is 13.0 Å². The molecule has 0 spiro atoms. The summed E-state index contributed by atoms with van der Waals surface area (Å²) < 4.78 is 19.1. The van der Waals surface area contributed by atoms with Gasteiger partial charge in [0.05, 0.1) is 5.02 Å². The molecule has 0 heterocycles. The largest absolute Gasteiger partial charge is 0.489 e. The highest BCUT2D eigenvalue weighted by Crippen LogP contribution is 2.29. The van der Waals surface area contributed by atoms with Crippen molar-refractivity contribution in [2.45, 2.75) is 26.0 Å². The van der Waals surface area contributed by atoms with Crippen LogP contribution in [0.15, 0.2) is 36.4 Å². The summed E-state index contributed by atoms with van der Waals surface area (Å²) in [6.07, 6.45) is 0.603. The van der Waals surface area contributed by atoms with Crippen molar-refractivity contribution < 1.29 is 9.13 Å². The lowest BCUT2D eigenvalue weighted by molar-refractivity contribution is 0.302. The maximum atomic E-state index is 13.4. The maximum absolute atomic E-state index is 13.4. The molecule has 0 radical (unpaired) electrons. The second-order valence-electron chi connectivity index (χ2n) is 4.90. The summed E-state index contributed by atoms with van der Waals surface area (Å²) in [5.74, 6) is 0.180. The summed E-state index contributed by atoms with van der Waals surface area (Å²) in [4.78, 5) is 0. The monoisotopic (exact) mass is 327 g/mol. The van der Waals surface area contributed by atoms with E-state index in [1.54, 1.807) is 24.3 Å². The molecule has 2 aromatic rings. The summed E-state index contributed by atoms with van der Waals surface area (Å²) in [5.41, 5.74) is 7.26. The number of benzene rings is 2. The van der Waals surface area contributed by atoms with Crippen molar-refractivity contribution in [2.24, 2.45) is 5.73 Å². The van der Waals surface area contributed by atoms with E-state index in [4.69, 9.17) is 33.7 Å². The van der Waals surface area contributed by atoms with Crippen molar-refractivity contribution in [1.29, 1.82) is 0 Å². The Hall–Kier alpha value is -1.29. The van der Waals surface area contributed by atoms with Crippen LogP contribution in [0.3, 0.4) is 0 Å². The lowest BCUT2D eigenvalue weighted by Crippen LogP contribution is -2.18. The first-order chi connectivity index (χ1) is 9.99. The molecule has 0 amide bonds. The highest BCUT2D eigenvalue weighted by Gasteiger charge is 2.12. The fraction of sp³-hybridized carbons (Fsp3) is 0.250. The first-order valence-electron chi connectivity index (χ1n) is 6.57. The Morgan fingerprint density at radius 2 is 1.90 bits per heavy atom. The zero-order chi connectivity index (χ0) is 15.4. The van der Waals surface area contributed by atoms with Gasteiger partial charge in [0.2, 0.25) is 0 Å². The van der Waals surface area contributed by atoms with Crippen LogP contribution in [0.25, 0.3) is 0 Å².